The van der Waals surface area contributed by atoms with Gasteiger partial charge in [-0.25, -0.2) is 4.39 Å². The Morgan fingerprint density at radius 1 is 1.14 bits per heavy atom. The van der Waals surface area contributed by atoms with Crippen LogP contribution < -0.4 is 10.1 Å². The molecule has 0 saturated carbocycles. The number of aliphatic hydroxyl groups is 1. The second-order valence-corrected chi connectivity index (χ2v) is 5.40. The van der Waals surface area contributed by atoms with E-state index in [-0.39, 0.29) is 11.9 Å². The summed E-state index contributed by atoms with van der Waals surface area (Å²) >= 11 is 0. The van der Waals surface area contributed by atoms with Gasteiger partial charge in [0.2, 0.25) is 0 Å². The van der Waals surface area contributed by atoms with Crippen molar-refractivity contribution in [3.05, 3.63) is 65.5 Å². The lowest BCUT2D eigenvalue weighted by Crippen LogP contribution is -2.27. The number of para-hydroxylation sites is 1. The van der Waals surface area contributed by atoms with Crippen molar-refractivity contribution < 1.29 is 14.2 Å². The molecule has 2 atom stereocenters. The highest BCUT2D eigenvalue weighted by atomic mass is 19.1. The molecule has 118 valence electrons. The van der Waals surface area contributed by atoms with Crippen LogP contribution in [0.25, 0.3) is 0 Å². The van der Waals surface area contributed by atoms with Crippen molar-refractivity contribution in [2.24, 2.45) is 0 Å². The summed E-state index contributed by atoms with van der Waals surface area (Å²) < 4.78 is 18.2. The number of hydrogen-bond acceptors (Lipinski definition) is 3. The van der Waals surface area contributed by atoms with Crippen molar-refractivity contribution in [2.45, 2.75) is 32.0 Å². The highest BCUT2D eigenvalue weighted by Gasteiger charge is 2.13. The lowest BCUT2D eigenvalue weighted by Gasteiger charge is -2.19. The second kappa shape index (κ2) is 7.92. The molecule has 0 aromatic heterocycles. The van der Waals surface area contributed by atoms with E-state index in [0.29, 0.717) is 13.0 Å². The van der Waals surface area contributed by atoms with E-state index < -0.39 is 6.10 Å². The molecule has 2 rings (SSSR count). The molecule has 4 heteroatoms. The lowest BCUT2D eigenvalue weighted by molar-refractivity contribution is 0.153. The van der Waals surface area contributed by atoms with Gasteiger partial charge in [0.1, 0.15) is 11.6 Å². The Kier molecular flexibility index (Phi) is 5.92. The minimum atomic E-state index is -0.610. The smallest absolute Gasteiger partial charge is 0.123 e. The number of nitrogens with one attached hydrogen (secondary N) is 1. The summed E-state index contributed by atoms with van der Waals surface area (Å²) in [6, 6.07) is 13.9. The lowest BCUT2D eigenvalue weighted by atomic mass is 10.0. The topological polar surface area (TPSA) is 41.5 Å². The number of benzene rings is 2. The van der Waals surface area contributed by atoms with Crippen LogP contribution in [0.1, 0.15) is 30.6 Å². The standard InChI is InChI=1S/C18H22FNO2/c1-13(11-17(21)14-7-9-16(19)10-8-14)20-12-15-5-3-4-6-18(15)22-2/h3-10,13,17,20-21H,11-12H2,1-2H3. The van der Waals surface area contributed by atoms with Crippen molar-refractivity contribution in [3.8, 4) is 5.75 Å². The van der Waals surface area contributed by atoms with Crippen LogP contribution in [0.5, 0.6) is 5.75 Å². The van der Waals surface area contributed by atoms with Gasteiger partial charge in [-0.15, -0.1) is 0 Å². The molecule has 2 unspecified atom stereocenters. The number of ether oxygens (including phenoxy) is 1. The third-order valence-corrected chi connectivity index (χ3v) is 3.67. The zero-order chi connectivity index (χ0) is 15.9. The molecule has 2 aromatic carbocycles. The van der Waals surface area contributed by atoms with Crippen molar-refractivity contribution >= 4 is 0 Å². The van der Waals surface area contributed by atoms with E-state index in [0.717, 1.165) is 16.9 Å². The molecule has 0 aliphatic rings. The fourth-order valence-corrected chi connectivity index (χ4v) is 2.37. The largest absolute Gasteiger partial charge is 0.496 e. The van der Waals surface area contributed by atoms with E-state index in [1.54, 1.807) is 19.2 Å². The molecule has 0 radical (unpaired) electrons. The first-order valence-electron chi connectivity index (χ1n) is 7.39. The van der Waals surface area contributed by atoms with Gasteiger partial charge in [-0.3, -0.25) is 0 Å². The average molecular weight is 303 g/mol. The van der Waals surface area contributed by atoms with E-state index >= 15 is 0 Å². The van der Waals surface area contributed by atoms with E-state index in [4.69, 9.17) is 4.74 Å². The fourth-order valence-electron chi connectivity index (χ4n) is 2.37. The van der Waals surface area contributed by atoms with Crippen LogP contribution in [0.2, 0.25) is 0 Å². The zero-order valence-corrected chi connectivity index (χ0v) is 12.9. The maximum Gasteiger partial charge on any atom is 0.123 e. The van der Waals surface area contributed by atoms with Gasteiger partial charge in [-0.2, -0.15) is 0 Å². The van der Waals surface area contributed by atoms with Crippen LogP contribution >= 0.6 is 0 Å². The van der Waals surface area contributed by atoms with Gasteiger partial charge in [0, 0.05) is 18.2 Å². The molecule has 0 fully saturated rings. The molecule has 0 aliphatic heterocycles. The Labute approximate surface area is 130 Å². The molecule has 2 N–H and O–H groups in total. The van der Waals surface area contributed by atoms with Gasteiger partial charge in [0.15, 0.2) is 0 Å². The van der Waals surface area contributed by atoms with Gasteiger partial charge >= 0.3 is 0 Å². The Morgan fingerprint density at radius 3 is 2.50 bits per heavy atom. The number of rotatable bonds is 7. The summed E-state index contributed by atoms with van der Waals surface area (Å²) in [6.45, 7) is 2.68. The predicted octanol–water partition coefficient (Wildman–Crippen LogP) is 3.44. The summed E-state index contributed by atoms with van der Waals surface area (Å²) in [5, 5.41) is 13.6. The van der Waals surface area contributed by atoms with E-state index in [1.165, 1.54) is 12.1 Å². The summed E-state index contributed by atoms with van der Waals surface area (Å²) in [6.07, 6.45) is -0.0541. The van der Waals surface area contributed by atoms with Gasteiger partial charge in [0.25, 0.3) is 0 Å². The van der Waals surface area contributed by atoms with Crippen LogP contribution in [0.4, 0.5) is 4.39 Å². The van der Waals surface area contributed by atoms with Gasteiger partial charge in [-0.1, -0.05) is 30.3 Å². The summed E-state index contributed by atoms with van der Waals surface area (Å²) in [7, 11) is 1.65. The Balaban J connectivity index is 1.87. The second-order valence-electron chi connectivity index (χ2n) is 5.40. The van der Waals surface area contributed by atoms with E-state index in [2.05, 4.69) is 5.32 Å². The number of halogens is 1. The molecule has 22 heavy (non-hydrogen) atoms. The normalized spacial score (nSPS) is 13.6. The minimum Gasteiger partial charge on any atom is -0.496 e. The summed E-state index contributed by atoms with van der Waals surface area (Å²) in [4.78, 5) is 0. The highest BCUT2D eigenvalue weighted by molar-refractivity contribution is 5.33. The van der Waals surface area contributed by atoms with Crippen LogP contribution in [0.3, 0.4) is 0 Å². The molecular weight excluding hydrogens is 281 g/mol. The zero-order valence-electron chi connectivity index (χ0n) is 12.9. The highest BCUT2D eigenvalue weighted by Crippen LogP contribution is 2.20. The maximum absolute atomic E-state index is 12.9. The van der Waals surface area contributed by atoms with Crippen molar-refractivity contribution in [1.82, 2.24) is 5.32 Å². The molecule has 0 saturated heterocycles. The molecule has 0 heterocycles. The Hall–Kier alpha value is -1.91. The number of methoxy groups -OCH3 is 1. The van der Waals surface area contributed by atoms with Crippen LogP contribution in [-0.2, 0) is 6.54 Å². The molecular formula is C18H22FNO2. The van der Waals surface area contributed by atoms with Crippen molar-refractivity contribution in [1.29, 1.82) is 0 Å². The first kappa shape index (κ1) is 16.5. The molecule has 0 amide bonds. The van der Waals surface area contributed by atoms with Crippen LogP contribution in [0.15, 0.2) is 48.5 Å². The molecule has 0 spiro atoms. The van der Waals surface area contributed by atoms with Crippen LogP contribution in [0, 0.1) is 5.82 Å². The average Bonchev–Trinajstić information content (AvgIpc) is 2.53. The minimum absolute atomic E-state index is 0.116. The van der Waals surface area contributed by atoms with E-state index in [9.17, 15) is 9.50 Å². The maximum atomic E-state index is 12.9. The van der Waals surface area contributed by atoms with E-state index in [1.807, 2.05) is 31.2 Å². The summed E-state index contributed by atoms with van der Waals surface area (Å²) in [5.41, 5.74) is 1.81. The SMILES string of the molecule is COc1ccccc1CNC(C)CC(O)c1ccc(F)cc1. The Bertz CT molecular complexity index is 586. The first-order chi connectivity index (χ1) is 10.6. The fraction of sp³-hybridized carbons (Fsp3) is 0.333. The molecule has 0 bridgehead atoms. The third-order valence-electron chi connectivity index (χ3n) is 3.67. The summed E-state index contributed by atoms with van der Waals surface area (Å²) in [5.74, 6) is 0.555. The van der Waals surface area contributed by atoms with Crippen molar-refractivity contribution in [3.63, 3.8) is 0 Å². The van der Waals surface area contributed by atoms with Gasteiger partial charge in [0.05, 0.1) is 13.2 Å². The quantitative estimate of drug-likeness (QED) is 0.823. The van der Waals surface area contributed by atoms with Gasteiger partial charge in [-0.05, 0) is 37.1 Å². The predicted molar refractivity (Wildman–Crippen MR) is 85.3 cm³/mol. The van der Waals surface area contributed by atoms with Crippen molar-refractivity contribution in [2.75, 3.05) is 7.11 Å². The monoisotopic (exact) mass is 303 g/mol. The third kappa shape index (κ3) is 4.55. The van der Waals surface area contributed by atoms with Gasteiger partial charge < -0.3 is 15.2 Å². The molecule has 3 nitrogen and oxygen atoms in total. The Morgan fingerprint density at radius 2 is 1.82 bits per heavy atom. The van der Waals surface area contributed by atoms with Crippen LogP contribution in [-0.4, -0.2) is 18.3 Å². The number of aliphatic hydroxyl groups excluding tert-OH is 1. The number of hydrogen-bond donors (Lipinski definition) is 2. The first-order valence-corrected chi connectivity index (χ1v) is 7.39. The molecule has 0 aliphatic carbocycles. The molecule has 2 aromatic rings.